The molecule has 1 aliphatic carbocycles. The number of carbonyl (C=O) groups is 2. The summed E-state index contributed by atoms with van der Waals surface area (Å²) in [4.78, 5) is 22.4. The molecule has 0 heterocycles. The fourth-order valence-corrected chi connectivity index (χ4v) is 2.44. The summed E-state index contributed by atoms with van der Waals surface area (Å²) in [5.74, 6) is -0.226. The molecule has 0 spiro atoms. The normalized spacial score (nSPS) is 20.9. The van der Waals surface area contributed by atoms with Gasteiger partial charge >= 0.3 is 12.0 Å². The van der Waals surface area contributed by atoms with Gasteiger partial charge in [0.05, 0.1) is 5.56 Å². The molecule has 0 aromatic heterocycles. The van der Waals surface area contributed by atoms with Crippen molar-refractivity contribution in [3.05, 3.63) is 35.4 Å². The largest absolute Gasteiger partial charge is 0.478 e. The summed E-state index contributed by atoms with van der Waals surface area (Å²) >= 11 is 0. The predicted octanol–water partition coefficient (Wildman–Crippen LogP) is 2.03. The van der Waals surface area contributed by atoms with Gasteiger partial charge in [-0.25, -0.2) is 9.59 Å². The lowest BCUT2D eigenvalue weighted by Gasteiger charge is -2.33. The summed E-state index contributed by atoms with van der Waals surface area (Å²) in [6.07, 6.45) is 2.72. The molecule has 1 saturated carbocycles. The summed E-state index contributed by atoms with van der Waals surface area (Å²) in [6, 6.07) is 6.93. The van der Waals surface area contributed by atoms with Crippen molar-refractivity contribution in [2.24, 2.45) is 5.92 Å². The first-order chi connectivity index (χ1) is 9.54. The third kappa shape index (κ3) is 3.98. The van der Waals surface area contributed by atoms with Crippen LogP contribution in [0.3, 0.4) is 0 Å². The van der Waals surface area contributed by atoms with E-state index in [9.17, 15) is 9.59 Å². The van der Waals surface area contributed by atoms with Crippen LogP contribution in [0.4, 0.5) is 4.79 Å². The molecule has 0 radical (unpaired) electrons. The third-order valence-electron chi connectivity index (χ3n) is 3.58. The van der Waals surface area contributed by atoms with Crippen molar-refractivity contribution in [1.29, 1.82) is 0 Å². The predicted molar refractivity (Wildman–Crippen MR) is 75.8 cm³/mol. The number of hydrogen-bond acceptors (Lipinski definition) is 2. The number of amides is 2. The highest BCUT2D eigenvalue weighted by atomic mass is 16.4. The lowest BCUT2D eigenvalue weighted by atomic mass is 9.82. The van der Waals surface area contributed by atoms with Gasteiger partial charge in [0, 0.05) is 12.6 Å². The molecule has 108 valence electrons. The molecule has 1 aromatic rings. The summed E-state index contributed by atoms with van der Waals surface area (Å²) in [5.41, 5.74) is 1.18. The molecule has 1 aromatic carbocycles. The number of rotatable bonds is 5. The summed E-state index contributed by atoms with van der Waals surface area (Å²) in [5, 5.41) is 14.6. The lowest BCUT2D eigenvalue weighted by molar-refractivity contribution is 0.0696. The van der Waals surface area contributed by atoms with Gasteiger partial charge < -0.3 is 15.7 Å². The van der Waals surface area contributed by atoms with Gasteiger partial charge in [-0.3, -0.25) is 0 Å². The maximum absolute atomic E-state index is 11.6. The van der Waals surface area contributed by atoms with Gasteiger partial charge in [-0.2, -0.15) is 0 Å². The van der Waals surface area contributed by atoms with E-state index in [1.54, 1.807) is 18.2 Å². The standard InChI is InChI=1S/C15H20N2O3/c1-10-7-13(8-10)17-15(20)16-6-5-11-3-2-4-12(9-11)14(18)19/h2-4,9-10,13H,5-8H2,1H3,(H,18,19)(H2,16,17,20). The quantitative estimate of drug-likeness (QED) is 0.770. The van der Waals surface area contributed by atoms with E-state index in [-0.39, 0.29) is 11.6 Å². The molecule has 3 N–H and O–H groups in total. The molecular formula is C15H20N2O3. The molecule has 0 saturated heterocycles. The van der Waals surface area contributed by atoms with Crippen LogP contribution < -0.4 is 10.6 Å². The number of carboxylic acid groups (broad SMARTS) is 1. The zero-order chi connectivity index (χ0) is 14.5. The van der Waals surface area contributed by atoms with Crippen molar-refractivity contribution in [3.63, 3.8) is 0 Å². The van der Waals surface area contributed by atoms with E-state index in [1.165, 1.54) is 0 Å². The Bertz CT molecular complexity index is 496. The van der Waals surface area contributed by atoms with Crippen molar-refractivity contribution in [1.82, 2.24) is 10.6 Å². The van der Waals surface area contributed by atoms with Crippen LogP contribution in [0.1, 0.15) is 35.7 Å². The lowest BCUT2D eigenvalue weighted by Crippen LogP contribution is -2.48. The molecule has 2 amide bonds. The molecule has 0 unspecified atom stereocenters. The second-order valence-corrected chi connectivity index (χ2v) is 5.43. The van der Waals surface area contributed by atoms with Gasteiger partial charge in [0.2, 0.25) is 0 Å². The monoisotopic (exact) mass is 276 g/mol. The first kappa shape index (κ1) is 14.4. The fourth-order valence-electron chi connectivity index (χ4n) is 2.44. The number of carboxylic acids is 1. The Labute approximate surface area is 118 Å². The first-order valence-electron chi connectivity index (χ1n) is 6.91. The highest BCUT2D eigenvalue weighted by Crippen LogP contribution is 2.25. The van der Waals surface area contributed by atoms with E-state index < -0.39 is 5.97 Å². The van der Waals surface area contributed by atoms with Gasteiger partial charge in [-0.15, -0.1) is 0 Å². The first-order valence-corrected chi connectivity index (χ1v) is 6.91. The van der Waals surface area contributed by atoms with Crippen molar-refractivity contribution in [2.75, 3.05) is 6.54 Å². The second-order valence-electron chi connectivity index (χ2n) is 5.43. The van der Waals surface area contributed by atoms with Gasteiger partial charge in [0.25, 0.3) is 0 Å². The van der Waals surface area contributed by atoms with Crippen molar-refractivity contribution in [3.8, 4) is 0 Å². The molecule has 0 aliphatic heterocycles. The summed E-state index contributed by atoms with van der Waals surface area (Å²) in [6.45, 7) is 2.67. The third-order valence-corrected chi connectivity index (χ3v) is 3.58. The van der Waals surface area contributed by atoms with E-state index >= 15 is 0 Å². The van der Waals surface area contributed by atoms with Gasteiger partial charge in [-0.05, 0) is 42.9 Å². The molecule has 1 aliphatic rings. The second kappa shape index (κ2) is 6.41. The number of benzene rings is 1. The van der Waals surface area contributed by atoms with Gasteiger partial charge in [0.1, 0.15) is 0 Å². The van der Waals surface area contributed by atoms with E-state index in [0.717, 1.165) is 18.4 Å². The van der Waals surface area contributed by atoms with Crippen LogP contribution in [0, 0.1) is 5.92 Å². The van der Waals surface area contributed by atoms with Crippen molar-refractivity contribution < 1.29 is 14.7 Å². The smallest absolute Gasteiger partial charge is 0.335 e. The SMILES string of the molecule is CC1CC(NC(=O)NCCc2cccc(C(=O)O)c2)C1. The maximum atomic E-state index is 11.6. The molecule has 5 heteroatoms. The Morgan fingerprint density at radius 2 is 2.10 bits per heavy atom. The summed E-state index contributed by atoms with van der Waals surface area (Å²) < 4.78 is 0. The Morgan fingerprint density at radius 3 is 2.75 bits per heavy atom. The number of aromatic carboxylic acids is 1. The van der Waals surface area contributed by atoms with Crippen LogP contribution in [-0.4, -0.2) is 29.7 Å². The fraction of sp³-hybridized carbons (Fsp3) is 0.467. The van der Waals surface area contributed by atoms with Crippen molar-refractivity contribution in [2.45, 2.75) is 32.2 Å². The number of hydrogen-bond donors (Lipinski definition) is 3. The van der Waals surface area contributed by atoms with E-state index in [1.807, 2.05) is 6.07 Å². The average Bonchev–Trinajstić information content (AvgIpc) is 2.37. The van der Waals surface area contributed by atoms with Crippen LogP contribution >= 0.6 is 0 Å². The highest BCUT2D eigenvalue weighted by molar-refractivity contribution is 5.87. The molecule has 1 fully saturated rings. The Hall–Kier alpha value is -2.04. The highest BCUT2D eigenvalue weighted by Gasteiger charge is 2.26. The molecule has 20 heavy (non-hydrogen) atoms. The molecular weight excluding hydrogens is 256 g/mol. The van der Waals surface area contributed by atoms with Crippen LogP contribution in [0.15, 0.2) is 24.3 Å². The maximum Gasteiger partial charge on any atom is 0.335 e. The van der Waals surface area contributed by atoms with Crippen LogP contribution in [0.5, 0.6) is 0 Å². The van der Waals surface area contributed by atoms with Gasteiger partial charge in [0.15, 0.2) is 0 Å². The van der Waals surface area contributed by atoms with E-state index in [0.29, 0.717) is 24.9 Å². The van der Waals surface area contributed by atoms with Crippen LogP contribution in [0.25, 0.3) is 0 Å². The number of nitrogens with one attached hydrogen (secondary N) is 2. The summed E-state index contributed by atoms with van der Waals surface area (Å²) in [7, 11) is 0. The number of carbonyl (C=O) groups excluding carboxylic acids is 1. The van der Waals surface area contributed by atoms with Crippen molar-refractivity contribution >= 4 is 12.0 Å². The zero-order valence-electron chi connectivity index (χ0n) is 11.6. The zero-order valence-corrected chi connectivity index (χ0v) is 11.6. The average molecular weight is 276 g/mol. The Kier molecular flexibility index (Phi) is 4.61. The molecule has 0 bridgehead atoms. The molecule has 2 rings (SSSR count). The Morgan fingerprint density at radius 1 is 1.35 bits per heavy atom. The minimum atomic E-state index is -0.934. The molecule has 5 nitrogen and oxygen atoms in total. The minimum absolute atomic E-state index is 0.142. The minimum Gasteiger partial charge on any atom is -0.478 e. The van der Waals surface area contributed by atoms with Crippen LogP contribution in [0.2, 0.25) is 0 Å². The van der Waals surface area contributed by atoms with E-state index in [4.69, 9.17) is 5.11 Å². The Balaban J connectivity index is 1.71. The topological polar surface area (TPSA) is 78.4 Å². The molecule has 0 atom stereocenters. The van der Waals surface area contributed by atoms with Gasteiger partial charge in [-0.1, -0.05) is 19.1 Å². The van der Waals surface area contributed by atoms with E-state index in [2.05, 4.69) is 17.6 Å². The van der Waals surface area contributed by atoms with Crippen LogP contribution in [-0.2, 0) is 6.42 Å². The number of urea groups is 1.